The van der Waals surface area contributed by atoms with Crippen LogP contribution in [-0.4, -0.2) is 6.61 Å². The van der Waals surface area contributed by atoms with Gasteiger partial charge in [-0.3, -0.25) is 0 Å². The van der Waals surface area contributed by atoms with Gasteiger partial charge in [0.05, 0.1) is 16.7 Å². The molecule has 0 saturated carbocycles. The average Bonchev–Trinajstić information content (AvgIpc) is 2.91. The summed E-state index contributed by atoms with van der Waals surface area (Å²) >= 11 is 15.8. The maximum atomic E-state index is 6.19. The summed E-state index contributed by atoms with van der Waals surface area (Å²) in [5.74, 6) is 1.02. The van der Waals surface area contributed by atoms with Crippen molar-refractivity contribution in [2.75, 3.05) is 6.61 Å². The van der Waals surface area contributed by atoms with E-state index in [4.69, 9.17) is 27.9 Å². The van der Waals surface area contributed by atoms with Crippen LogP contribution in [0.3, 0.4) is 0 Å². The molecule has 110 valence electrons. The third-order valence-corrected chi connectivity index (χ3v) is 4.80. The van der Waals surface area contributed by atoms with E-state index in [1.165, 1.54) is 5.56 Å². The zero-order chi connectivity index (χ0) is 14.8. The Morgan fingerprint density at radius 2 is 1.95 bits per heavy atom. The van der Waals surface area contributed by atoms with Crippen LogP contribution >= 0.6 is 39.1 Å². The molecule has 0 aromatic heterocycles. The predicted octanol–water partition coefficient (Wildman–Crippen LogP) is 4.98. The molecule has 1 aliphatic heterocycles. The molecule has 0 aliphatic carbocycles. The molecule has 2 nitrogen and oxygen atoms in total. The Morgan fingerprint density at radius 3 is 2.81 bits per heavy atom. The number of nitrogens with one attached hydrogen (secondary N) is 1. The van der Waals surface area contributed by atoms with Crippen molar-refractivity contribution in [3.8, 4) is 5.75 Å². The molecule has 0 radical (unpaired) electrons. The number of fused-ring (bicyclic) bond motifs is 1. The number of hydrogen-bond donors (Lipinski definition) is 1. The number of halogens is 3. The smallest absolute Gasteiger partial charge is 0.127 e. The molecule has 0 amide bonds. The molecule has 3 rings (SSSR count). The van der Waals surface area contributed by atoms with Crippen LogP contribution in [0.2, 0.25) is 10.0 Å². The maximum Gasteiger partial charge on any atom is 0.127 e. The normalized spacial score (nSPS) is 13.1. The van der Waals surface area contributed by atoms with Crippen molar-refractivity contribution in [2.45, 2.75) is 19.5 Å². The molecule has 2 aromatic carbocycles. The van der Waals surface area contributed by atoms with Crippen LogP contribution in [0.1, 0.15) is 16.7 Å². The van der Waals surface area contributed by atoms with Gasteiger partial charge in [0, 0.05) is 29.5 Å². The van der Waals surface area contributed by atoms with Crippen molar-refractivity contribution in [3.05, 3.63) is 61.5 Å². The number of rotatable bonds is 4. The lowest BCUT2D eigenvalue weighted by Gasteiger charge is -2.11. The lowest BCUT2D eigenvalue weighted by Crippen LogP contribution is -2.13. The van der Waals surface area contributed by atoms with Crippen molar-refractivity contribution in [3.63, 3.8) is 0 Å². The first kappa shape index (κ1) is 15.2. The van der Waals surface area contributed by atoms with Gasteiger partial charge in [-0.15, -0.1) is 0 Å². The summed E-state index contributed by atoms with van der Waals surface area (Å²) in [5.41, 5.74) is 3.42. The van der Waals surface area contributed by atoms with E-state index < -0.39 is 0 Å². The van der Waals surface area contributed by atoms with Gasteiger partial charge in [0.2, 0.25) is 0 Å². The second-order valence-electron chi connectivity index (χ2n) is 4.97. The van der Waals surface area contributed by atoms with E-state index in [-0.39, 0.29) is 0 Å². The second kappa shape index (κ2) is 6.57. The van der Waals surface area contributed by atoms with E-state index in [2.05, 4.69) is 33.4 Å². The van der Waals surface area contributed by atoms with E-state index in [9.17, 15) is 0 Å². The zero-order valence-electron chi connectivity index (χ0n) is 11.3. The minimum Gasteiger partial charge on any atom is -0.493 e. The van der Waals surface area contributed by atoms with E-state index in [0.29, 0.717) is 16.6 Å². The molecule has 0 atom stereocenters. The zero-order valence-corrected chi connectivity index (χ0v) is 14.4. The van der Waals surface area contributed by atoms with Gasteiger partial charge in [-0.05, 0) is 29.3 Å². The Labute approximate surface area is 142 Å². The predicted molar refractivity (Wildman–Crippen MR) is 90.3 cm³/mol. The summed E-state index contributed by atoms with van der Waals surface area (Å²) < 4.78 is 6.81. The van der Waals surface area contributed by atoms with Crippen LogP contribution in [0.15, 0.2) is 34.8 Å². The monoisotopic (exact) mass is 385 g/mol. The summed E-state index contributed by atoms with van der Waals surface area (Å²) in [7, 11) is 0. The van der Waals surface area contributed by atoms with Gasteiger partial charge in [-0.25, -0.2) is 0 Å². The Bertz CT molecular complexity index is 676. The Kier molecular flexibility index (Phi) is 4.75. The van der Waals surface area contributed by atoms with Crippen LogP contribution in [-0.2, 0) is 19.5 Å². The minimum absolute atomic E-state index is 0.586. The number of hydrogen-bond acceptors (Lipinski definition) is 2. The van der Waals surface area contributed by atoms with Crippen LogP contribution in [0.25, 0.3) is 0 Å². The lowest BCUT2D eigenvalue weighted by molar-refractivity contribution is 0.352. The number of benzene rings is 2. The molecule has 1 N–H and O–H groups in total. The molecule has 1 aliphatic rings. The van der Waals surface area contributed by atoms with Gasteiger partial charge in [0.15, 0.2) is 0 Å². The highest BCUT2D eigenvalue weighted by Gasteiger charge is 2.17. The highest BCUT2D eigenvalue weighted by Crippen LogP contribution is 2.33. The summed E-state index contributed by atoms with van der Waals surface area (Å²) in [6.45, 7) is 2.16. The fourth-order valence-electron chi connectivity index (χ4n) is 2.49. The standard InChI is InChI=1S/C16H14BrCl2NO/c17-13-6-10-4-5-21-16(10)12(7-13)9-20-8-11-2-1-3-14(18)15(11)19/h1-3,6-7,20H,4-5,8-9H2. The van der Waals surface area contributed by atoms with Crippen LogP contribution < -0.4 is 10.1 Å². The molecule has 0 fully saturated rings. The third kappa shape index (κ3) is 3.37. The first-order valence-electron chi connectivity index (χ1n) is 6.73. The highest BCUT2D eigenvalue weighted by molar-refractivity contribution is 9.10. The van der Waals surface area contributed by atoms with Crippen molar-refractivity contribution >= 4 is 39.1 Å². The molecule has 21 heavy (non-hydrogen) atoms. The van der Waals surface area contributed by atoms with Gasteiger partial charge < -0.3 is 10.1 Å². The molecule has 0 saturated heterocycles. The minimum atomic E-state index is 0.586. The second-order valence-corrected chi connectivity index (χ2v) is 6.67. The van der Waals surface area contributed by atoms with Crippen LogP contribution in [0.4, 0.5) is 0 Å². The van der Waals surface area contributed by atoms with Crippen molar-refractivity contribution in [2.24, 2.45) is 0 Å². The summed E-state index contributed by atoms with van der Waals surface area (Å²) in [5, 5.41) is 4.60. The van der Waals surface area contributed by atoms with E-state index in [0.717, 1.165) is 40.9 Å². The quantitative estimate of drug-likeness (QED) is 0.799. The molecule has 0 bridgehead atoms. The fourth-order valence-corrected chi connectivity index (χ4v) is 3.43. The van der Waals surface area contributed by atoms with E-state index >= 15 is 0 Å². The van der Waals surface area contributed by atoms with Crippen molar-refractivity contribution in [1.29, 1.82) is 0 Å². The summed E-state index contributed by atoms with van der Waals surface area (Å²) in [6, 6.07) is 9.90. The molecule has 0 unspecified atom stereocenters. The molecule has 5 heteroatoms. The molecule has 0 spiro atoms. The Balaban J connectivity index is 1.70. The SMILES string of the molecule is Clc1cccc(CNCc2cc(Br)cc3c2OCC3)c1Cl. The average molecular weight is 387 g/mol. The Morgan fingerprint density at radius 1 is 1.14 bits per heavy atom. The largest absolute Gasteiger partial charge is 0.493 e. The van der Waals surface area contributed by atoms with E-state index in [1.807, 2.05) is 12.1 Å². The van der Waals surface area contributed by atoms with Gasteiger partial charge in [-0.2, -0.15) is 0 Å². The first-order valence-corrected chi connectivity index (χ1v) is 8.28. The van der Waals surface area contributed by atoms with Crippen LogP contribution in [0, 0.1) is 0 Å². The topological polar surface area (TPSA) is 21.3 Å². The molecule has 2 aromatic rings. The van der Waals surface area contributed by atoms with Crippen molar-refractivity contribution in [1.82, 2.24) is 5.32 Å². The molecular formula is C16H14BrCl2NO. The maximum absolute atomic E-state index is 6.19. The lowest BCUT2D eigenvalue weighted by atomic mass is 10.1. The number of ether oxygens (including phenoxy) is 1. The Hall–Kier alpha value is -0.740. The van der Waals surface area contributed by atoms with Gasteiger partial charge in [0.25, 0.3) is 0 Å². The molecule has 1 heterocycles. The van der Waals surface area contributed by atoms with Gasteiger partial charge in [-0.1, -0.05) is 51.3 Å². The summed E-state index contributed by atoms with van der Waals surface area (Å²) in [4.78, 5) is 0. The summed E-state index contributed by atoms with van der Waals surface area (Å²) in [6.07, 6.45) is 0.974. The highest BCUT2D eigenvalue weighted by atomic mass is 79.9. The fraction of sp³-hybridized carbons (Fsp3) is 0.250. The molecular weight excluding hydrogens is 373 g/mol. The third-order valence-electron chi connectivity index (χ3n) is 3.49. The van der Waals surface area contributed by atoms with Crippen LogP contribution in [0.5, 0.6) is 5.75 Å². The van der Waals surface area contributed by atoms with E-state index in [1.54, 1.807) is 6.07 Å². The van der Waals surface area contributed by atoms with Gasteiger partial charge >= 0.3 is 0 Å². The van der Waals surface area contributed by atoms with Gasteiger partial charge in [0.1, 0.15) is 5.75 Å². The van der Waals surface area contributed by atoms with Crippen molar-refractivity contribution < 1.29 is 4.74 Å². The first-order chi connectivity index (χ1) is 10.1.